The van der Waals surface area contributed by atoms with Gasteiger partial charge in [0.25, 0.3) is 0 Å². The Morgan fingerprint density at radius 2 is 1.60 bits per heavy atom. The van der Waals surface area contributed by atoms with E-state index in [0.717, 1.165) is 19.3 Å². The number of unbranched alkanes of at least 4 members (excludes halogenated alkanes) is 6. The Morgan fingerprint density at radius 3 is 2.07 bits per heavy atom. The van der Waals surface area contributed by atoms with E-state index >= 15 is 0 Å². The SMILES string of the molecule is CCCCCCCCCC(O)S(=O)[O-].[Na+]. The molecule has 0 spiro atoms. The van der Waals surface area contributed by atoms with Gasteiger partial charge < -0.3 is 9.66 Å². The summed E-state index contributed by atoms with van der Waals surface area (Å²) in [4.78, 5) is 0. The molecule has 3 nitrogen and oxygen atoms in total. The van der Waals surface area contributed by atoms with Crippen LogP contribution in [0.5, 0.6) is 0 Å². The van der Waals surface area contributed by atoms with Crippen LogP contribution in [0.4, 0.5) is 0 Å². The average molecular weight is 244 g/mol. The zero-order valence-electron chi connectivity index (χ0n) is 9.91. The zero-order valence-corrected chi connectivity index (χ0v) is 12.7. The van der Waals surface area contributed by atoms with Gasteiger partial charge in [-0.05, 0) is 23.9 Å². The van der Waals surface area contributed by atoms with Crippen molar-refractivity contribution in [1.29, 1.82) is 0 Å². The molecule has 0 aromatic heterocycles. The minimum Gasteiger partial charge on any atom is -0.770 e. The fourth-order valence-corrected chi connectivity index (χ4v) is 1.73. The molecule has 0 aliphatic heterocycles. The van der Waals surface area contributed by atoms with Crippen LogP contribution in [0.25, 0.3) is 0 Å². The third-order valence-electron chi connectivity index (χ3n) is 2.28. The Morgan fingerprint density at radius 1 is 1.13 bits per heavy atom. The molecule has 0 saturated heterocycles. The molecular weight excluding hydrogens is 223 g/mol. The number of aliphatic hydroxyl groups is 1. The van der Waals surface area contributed by atoms with Crippen molar-refractivity contribution in [3.8, 4) is 0 Å². The Labute approximate surface area is 118 Å². The van der Waals surface area contributed by atoms with Crippen LogP contribution >= 0.6 is 0 Å². The van der Waals surface area contributed by atoms with Gasteiger partial charge >= 0.3 is 29.6 Å². The van der Waals surface area contributed by atoms with Gasteiger partial charge in [-0.3, -0.25) is 4.21 Å². The van der Waals surface area contributed by atoms with E-state index in [0.29, 0.717) is 6.42 Å². The van der Waals surface area contributed by atoms with Crippen LogP contribution in [0.2, 0.25) is 0 Å². The third-order valence-corrected chi connectivity index (χ3v) is 2.96. The van der Waals surface area contributed by atoms with Crippen LogP contribution in [0.3, 0.4) is 0 Å². The van der Waals surface area contributed by atoms with Gasteiger partial charge in [-0.15, -0.1) is 0 Å². The second-order valence-electron chi connectivity index (χ2n) is 3.63. The molecule has 0 aliphatic carbocycles. The summed E-state index contributed by atoms with van der Waals surface area (Å²) < 4.78 is 20.5. The smallest absolute Gasteiger partial charge is 0.770 e. The summed E-state index contributed by atoms with van der Waals surface area (Å²) in [7, 11) is 0. The number of hydrogen-bond acceptors (Lipinski definition) is 3. The molecule has 0 saturated carbocycles. The van der Waals surface area contributed by atoms with Crippen molar-refractivity contribution >= 4 is 11.1 Å². The molecule has 1 N–H and O–H groups in total. The molecule has 0 rings (SSSR count). The maximum Gasteiger partial charge on any atom is 1.00 e. The quantitative estimate of drug-likeness (QED) is 0.332. The third kappa shape index (κ3) is 13.0. The van der Waals surface area contributed by atoms with E-state index in [9.17, 15) is 8.76 Å². The van der Waals surface area contributed by atoms with E-state index in [1.807, 2.05) is 0 Å². The van der Waals surface area contributed by atoms with Gasteiger partial charge in [0.1, 0.15) is 5.44 Å². The summed E-state index contributed by atoms with van der Waals surface area (Å²) in [6.07, 6.45) is 8.39. The molecule has 5 heteroatoms. The second-order valence-corrected chi connectivity index (χ2v) is 4.69. The predicted molar refractivity (Wildman–Crippen MR) is 57.5 cm³/mol. The summed E-state index contributed by atoms with van der Waals surface area (Å²) in [6.45, 7) is 2.18. The molecule has 0 amide bonds. The van der Waals surface area contributed by atoms with E-state index in [1.54, 1.807) is 0 Å². The van der Waals surface area contributed by atoms with Crippen LogP contribution in [0.1, 0.15) is 58.3 Å². The zero-order chi connectivity index (χ0) is 10.8. The fourth-order valence-electron chi connectivity index (χ4n) is 1.37. The summed E-state index contributed by atoms with van der Waals surface area (Å²) in [5.74, 6) is 0. The van der Waals surface area contributed by atoms with Crippen LogP contribution in [-0.2, 0) is 11.1 Å². The van der Waals surface area contributed by atoms with E-state index in [1.165, 1.54) is 25.7 Å². The first-order chi connectivity index (χ1) is 6.68. The average Bonchev–Trinajstić information content (AvgIpc) is 2.16. The second kappa shape index (κ2) is 13.1. The molecule has 0 aliphatic rings. The van der Waals surface area contributed by atoms with Crippen molar-refractivity contribution in [1.82, 2.24) is 0 Å². The van der Waals surface area contributed by atoms with Crippen molar-refractivity contribution in [3.05, 3.63) is 0 Å². The first-order valence-electron chi connectivity index (χ1n) is 5.44. The minimum atomic E-state index is -2.32. The Hall–Kier alpha value is 1.07. The molecule has 0 aromatic carbocycles. The van der Waals surface area contributed by atoms with Gasteiger partial charge in [0, 0.05) is 0 Å². The van der Waals surface area contributed by atoms with Crippen LogP contribution in [0, 0.1) is 0 Å². The Bertz CT molecular complexity index is 156. The maximum atomic E-state index is 10.3. The Balaban J connectivity index is 0. The first kappa shape index (κ1) is 18.4. The van der Waals surface area contributed by atoms with Crippen molar-refractivity contribution < 1.29 is 43.4 Å². The standard InChI is InChI=1S/C10H22O3S.Na/c1-2-3-4-5-6-7-8-9-10(11)14(12)13;/h10-11H,2-9H2,1H3,(H,12,13);/q;+1/p-1. The van der Waals surface area contributed by atoms with E-state index in [2.05, 4.69) is 6.92 Å². The largest absolute Gasteiger partial charge is 1.00 e. The molecule has 0 aromatic rings. The normalized spacial score (nSPS) is 14.3. The van der Waals surface area contributed by atoms with Crippen molar-refractivity contribution in [3.63, 3.8) is 0 Å². The van der Waals surface area contributed by atoms with Crippen molar-refractivity contribution in [2.75, 3.05) is 0 Å². The van der Waals surface area contributed by atoms with Gasteiger partial charge in [0.2, 0.25) is 0 Å². The molecule has 0 fully saturated rings. The summed E-state index contributed by atoms with van der Waals surface area (Å²) in [5.41, 5.74) is -1.16. The fraction of sp³-hybridized carbons (Fsp3) is 1.00. The van der Waals surface area contributed by atoms with E-state index in [-0.39, 0.29) is 29.6 Å². The molecule has 0 heterocycles. The summed E-state index contributed by atoms with van der Waals surface area (Å²) in [5, 5.41) is 8.95. The monoisotopic (exact) mass is 244 g/mol. The van der Waals surface area contributed by atoms with E-state index < -0.39 is 16.5 Å². The van der Waals surface area contributed by atoms with Crippen LogP contribution < -0.4 is 29.6 Å². The van der Waals surface area contributed by atoms with Gasteiger partial charge in [-0.1, -0.05) is 45.4 Å². The van der Waals surface area contributed by atoms with E-state index in [4.69, 9.17) is 5.11 Å². The maximum absolute atomic E-state index is 10.3. The molecule has 15 heavy (non-hydrogen) atoms. The van der Waals surface area contributed by atoms with Gasteiger partial charge in [-0.25, -0.2) is 0 Å². The van der Waals surface area contributed by atoms with Crippen LogP contribution in [-0.4, -0.2) is 19.3 Å². The molecule has 0 radical (unpaired) electrons. The van der Waals surface area contributed by atoms with Crippen molar-refractivity contribution in [2.45, 2.75) is 63.7 Å². The Kier molecular flexibility index (Phi) is 16.1. The minimum absolute atomic E-state index is 0. The van der Waals surface area contributed by atoms with Crippen molar-refractivity contribution in [2.24, 2.45) is 0 Å². The molecular formula is C10H21NaO3S. The van der Waals surface area contributed by atoms with Crippen LogP contribution in [0.15, 0.2) is 0 Å². The number of aliphatic hydroxyl groups excluding tert-OH is 1. The number of rotatable bonds is 9. The molecule has 2 unspecified atom stereocenters. The first-order valence-corrected chi connectivity index (χ1v) is 6.58. The molecule has 2 atom stereocenters. The van der Waals surface area contributed by atoms with Gasteiger partial charge in [0.05, 0.1) is 0 Å². The number of hydrogen-bond donors (Lipinski definition) is 1. The topological polar surface area (TPSA) is 60.4 Å². The van der Waals surface area contributed by atoms with Gasteiger partial charge in [-0.2, -0.15) is 0 Å². The van der Waals surface area contributed by atoms with Gasteiger partial charge in [0.15, 0.2) is 0 Å². The predicted octanol–water partition coefficient (Wildman–Crippen LogP) is -0.671. The molecule has 0 bridgehead atoms. The summed E-state index contributed by atoms with van der Waals surface area (Å²) >= 11 is -2.32. The summed E-state index contributed by atoms with van der Waals surface area (Å²) in [6, 6.07) is 0. The molecule has 86 valence electrons.